The van der Waals surface area contributed by atoms with E-state index in [2.05, 4.69) is 48.5 Å². The van der Waals surface area contributed by atoms with E-state index in [0.29, 0.717) is 18.1 Å². The van der Waals surface area contributed by atoms with Gasteiger partial charge >= 0.3 is 0 Å². The molecular formula is C17H22N2O. The van der Waals surface area contributed by atoms with Crippen LogP contribution in [0.25, 0.3) is 10.8 Å². The second kappa shape index (κ2) is 5.90. The van der Waals surface area contributed by atoms with Gasteiger partial charge in [-0.05, 0) is 36.9 Å². The summed E-state index contributed by atoms with van der Waals surface area (Å²) in [6.45, 7) is 3.09. The minimum absolute atomic E-state index is 0.341. The first kappa shape index (κ1) is 13.5. The first-order valence-electron chi connectivity index (χ1n) is 7.46. The third-order valence-electron chi connectivity index (χ3n) is 4.45. The van der Waals surface area contributed by atoms with E-state index < -0.39 is 0 Å². The van der Waals surface area contributed by atoms with E-state index in [1.54, 1.807) is 0 Å². The Morgan fingerprint density at radius 1 is 1.40 bits per heavy atom. The lowest BCUT2D eigenvalue weighted by atomic mass is 9.85. The predicted molar refractivity (Wildman–Crippen MR) is 81.7 cm³/mol. The lowest BCUT2D eigenvalue weighted by Crippen LogP contribution is -2.30. The van der Waals surface area contributed by atoms with Gasteiger partial charge in [0.15, 0.2) is 0 Å². The molecule has 1 aromatic heterocycles. The van der Waals surface area contributed by atoms with Gasteiger partial charge in [-0.15, -0.1) is 0 Å². The molecule has 3 atom stereocenters. The van der Waals surface area contributed by atoms with Crippen LogP contribution < -0.4 is 5.32 Å². The van der Waals surface area contributed by atoms with Crippen LogP contribution in [0.5, 0.6) is 0 Å². The highest BCUT2D eigenvalue weighted by molar-refractivity contribution is 5.85. The second-order valence-electron chi connectivity index (χ2n) is 5.48. The van der Waals surface area contributed by atoms with Crippen LogP contribution >= 0.6 is 0 Å². The van der Waals surface area contributed by atoms with Crippen LogP contribution in [-0.4, -0.2) is 24.7 Å². The first-order valence-corrected chi connectivity index (χ1v) is 7.46. The molecule has 3 rings (SSSR count). The van der Waals surface area contributed by atoms with Gasteiger partial charge in [0.1, 0.15) is 0 Å². The minimum Gasteiger partial charge on any atom is -0.378 e. The van der Waals surface area contributed by atoms with Crippen molar-refractivity contribution in [2.24, 2.45) is 5.92 Å². The molecule has 1 N–H and O–H groups in total. The van der Waals surface area contributed by atoms with Crippen LogP contribution in [0.2, 0.25) is 0 Å². The van der Waals surface area contributed by atoms with E-state index in [1.165, 1.54) is 16.3 Å². The molecule has 1 aliphatic heterocycles. The lowest BCUT2D eigenvalue weighted by molar-refractivity contribution is 0.0784. The highest BCUT2D eigenvalue weighted by Crippen LogP contribution is 2.37. The summed E-state index contributed by atoms with van der Waals surface area (Å²) >= 11 is 0. The Labute approximate surface area is 120 Å². The molecule has 3 heteroatoms. The van der Waals surface area contributed by atoms with Crippen molar-refractivity contribution in [3.8, 4) is 0 Å². The van der Waals surface area contributed by atoms with Crippen molar-refractivity contribution in [1.29, 1.82) is 0 Å². The Kier molecular flexibility index (Phi) is 3.99. The summed E-state index contributed by atoms with van der Waals surface area (Å²) in [5.41, 5.74) is 1.36. The minimum atomic E-state index is 0.341. The fourth-order valence-electron chi connectivity index (χ4n) is 3.49. The Balaban J connectivity index is 2.03. The molecule has 1 aliphatic rings. The van der Waals surface area contributed by atoms with E-state index in [-0.39, 0.29) is 0 Å². The molecule has 3 unspecified atom stereocenters. The Morgan fingerprint density at radius 3 is 3.10 bits per heavy atom. The molecule has 20 heavy (non-hydrogen) atoms. The van der Waals surface area contributed by atoms with Crippen LogP contribution in [0.4, 0.5) is 0 Å². The second-order valence-corrected chi connectivity index (χ2v) is 5.48. The van der Waals surface area contributed by atoms with Crippen LogP contribution in [0.15, 0.2) is 36.7 Å². The number of nitrogens with zero attached hydrogens (tertiary/aromatic N) is 1. The molecule has 2 heterocycles. The van der Waals surface area contributed by atoms with Gasteiger partial charge in [-0.2, -0.15) is 0 Å². The molecule has 0 aliphatic carbocycles. The quantitative estimate of drug-likeness (QED) is 0.925. The van der Waals surface area contributed by atoms with Crippen molar-refractivity contribution >= 4 is 10.8 Å². The molecule has 0 saturated carbocycles. The fraction of sp³-hybridized carbons (Fsp3) is 0.471. The van der Waals surface area contributed by atoms with Crippen LogP contribution in [0.3, 0.4) is 0 Å². The number of aromatic nitrogens is 1. The van der Waals surface area contributed by atoms with Gasteiger partial charge in [-0.1, -0.05) is 25.1 Å². The zero-order chi connectivity index (χ0) is 13.9. The number of pyridine rings is 1. The van der Waals surface area contributed by atoms with E-state index >= 15 is 0 Å². The molecule has 0 amide bonds. The summed E-state index contributed by atoms with van der Waals surface area (Å²) < 4.78 is 5.88. The normalized spacial score (nSPS) is 24.1. The Hall–Kier alpha value is -1.45. The van der Waals surface area contributed by atoms with Crippen molar-refractivity contribution < 1.29 is 4.74 Å². The van der Waals surface area contributed by atoms with Gasteiger partial charge in [0.2, 0.25) is 0 Å². The highest BCUT2D eigenvalue weighted by Gasteiger charge is 2.34. The molecule has 0 radical (unpaired) electrons. The van der Waals surface area contributed by atoms with Crippen LogP contribution in [0.1, 0.15) is 31.4 Å². The van der Waals surface area contributed by atoms with Gasteiger partial charge in [0, 0.05) is 36.3 Å². The molecule has 1 aromatic carbocycles. The SMILES string of the molecule is CCC1OCCC1C(NC)c1cccc2cnccc12. The van der Waals surface area contributed by atoms with Crippen molar-refractivity contribution in [2.45, 2.75) is 31.9 Å². The Bertz CT molecular complexity index is 579. The smallest absolute Gasteiger partial charge is 0.0619 e. The van der Waals surface area contributed by atoms with Gasteiger partial charge < -0.3 is 10.1 Å². The lowest BCUT2D eigenvalue weighted by Gasteiger charge is -2.28. The zero-order valence-electron chi connectivity index (χ0n) is 12.2. The summed E-state index contributed by atoms with van der Waals surface area (Å²) in [5, 5.41) is 6.02. The molecule has 106 valence electrons. The van der Waals surface area contributed by atoms with E-state index in [9.17, 15) is 0 Å². The number of ether oxygens (including phenoxy) is 1. The topological polar surface area (TPSA) is 34.1 Å². The highest BCUT2D eigenvalue weighted by atomic mass is 16.5. The molecule has 0 spiro atoms. The van der Waals surface area contributed by atoms with Crippen LogP contribution in [-0.2, 0) is 4.74 Å². The van der Waals surface area contributed by atoms with E-state index in [4.69, 9.17) is 4.74 Å². The maximum absolute atomic E-state index is 5.88. The van der Waals surface area contributed by atoms with Crippen molar-refractivity contribution in [3.63, 3.8) is 0 Å². The molecular weight excluding hydrogens is 248 g/mol. The van der Waals surface area contributed by atoms with Gasteiger partial charge in [-0.25, -0.2) is 0 Å². The van der Waals surface area contributed by atoms with Crippen molar-refractivity contribution in [2.75, 3.05) is 13.7 Å². The number of fused-ring (bicyclic) bond motifs is 1. The summed E-state index contributed by atoms with van der Waals surface area (Å²) in [4.78, 5) is 4.22. The Morgan fingerprint density at radius 2 is 2.30 bits per heavy atom. The fourth-order valence-corrected chi connectivity index (χ4v) is 3.49. The zero-order valence-corrected chi connectivity index (χ0v) is 12.2. The number of hydrogen-bond acceptors (Lipinski definition) is 3. The van der Waals surface area contributed by atoms with E-state index in [0.717, 1.165) is 19.4 Å². The number of nitrogens with one attached hydrogen (secondary N) is 1. The molecule has 1 saturated heterocycles. The first-order chi connectivity index (χ1) is 9.85. The number of hydrogen-bond donors (Lipinski definition) is 1. The summed E-state index contributed by atoms with van der Waals surface area (Å²) in [6, 6.07) is 8.94. The summed E-state index contributed by atoms with van der Waals surface area (Å²) in [6.07, 6.45) is 6.39. The third kappa shape index (κ3) is 2.32. The molecule has 2 aromatic rings. The monoisotopic (exact) mass is 270 g/mol. The van der Waals surface area contributed by atoms with Crippen molar-refractivity contribution in [1.82, 2.24) is 10.3 Å². The number of rotatable bonds is 4. The predicted octanol–water partition coefficient (Wildman–Crippen LogP) is 3.31. The molecule has 1 fully saturated rings. The summed E-state index contributed by atoms with van der Waals surface area (Å²) in [7, 11) is 2.05. The molecule has 3 nitrogen and oxygen atoms in total. The van der Waals surface area contributed by atoms with Gasteiger partial charge in [0.25, 0.3) is 0 Å². The number of benzene rings is 1. The van der Waals surface area contributed by atoms with Crippen LogP contribution in [0, 0.1) is 5.92 Å². The summed E-state index contributed by atoms with van der Waals surface area (Å²) in [5.74, 6) is 0.545. The van der Waals surface area contributed by atoms with Gasteiger partial charge in [-0.3, -0.25) is 4.98 Å². The third-order valence-corrected chi connectivity index (χ3v) is 4.45. The van der Waals surface area contributed by atoms with Crippen molar-refractivity contribution in [3.05, 3.63) is 42.2 Å². The average Bonchev–Trinajstić information content (AvgIpc) is 2.97. The van der Waals surface area contributed by atoms with E-state index in [1.807, 2.05) is 12.4 Å². The van der Waals surface area contributed by atoms with Gasteiger partial charge in [0.05, 0.1) is 6.10 Å². The maximum Gasteiger partial charge on any atom is 0.0619 e. The average molecular weight is 270 g/mol. The maximum atomic E-state index is 5.88. The molecule has 0 bridgehead atoms. The standard InChI is InChI=1S/C17H22N2O/c1-3-16-15(8-10-20-16)17(18-2)14-6-4-5-12-11-19-9-7-13(12)14/h4-7,9,11,15-18H,3,8,10H2,1-2H3. The largest absolute Gasteiger partial charge is 0.378 e.